The van der Waals surface area contributed by atoms with Gasteiger partial charge in [-0.15, -0.1) is 11.8 Å². The van der Waals surface area contributed by atoms with Gasteiger partial charge in [0.25, 0.3) is 5.91 Å². The number of methoxy groups -OCH3 is 1. The Kier molecular flexibility index (Phi) is 5.25. The lowest BCUT2D eigenvalue weighted by Crippen LogP contribution is -2.37. The van der Waals surface area contributed by atoms with E-state index in [0.717, 1.165) is 4.90 Å². The molecule has 21 heavy (non-hydrogen) atoms. The lowest BCUT2D eigenvalue weighted by Gasteiger charge is -2.24. The summed E-state index contributed by atoms with van der Waals surface area (Å²) in [5.41, 5.74) is 0.622. The summed E-state index contributed by atoms with van der Waals surface area (Å²) in [6.45, 7) is 0.440. The van der Waals surface area contributed by atoms with Crippen molar-refractivity contribution in [2.75, 3.05) is 19.9 Å². The first-order valence-electron chi connectivity index (χ1n) is 6.75. The van der Waals surface area contributed by atoms with Gasteiger partial charge in [0, 0.05) is 24.6 Å². The minimum absolute atomic E-state index is 0.0486. The maximum atomic E-state index is 12.7. The van der Waals surface area contributed by atoms with E-state index in [1.165, 1.54) is 11.8 Å². The fraction of sp³-hybridized carbons (Fsp3) is 0.467. The van der Waals surface area contributed by atoms with E-state index in [2.05, 4.69) is 0 Å². The van der Waals surface area contributed by atoms with Gasteiger partial charge < -0.3 is 14.7 Å². The molecule has 0 aliphatic carbocycles. The number of carboxylic acids is 1. The molecular formula is C15H19NO4S. The summed E-state index contributed by atoms with van der Waals surface area (Å²) in [6.07, 6.45) is 2.34. The van der Waals surface area contributed by atoms with E-state index < -0.39 is 5.97 Å². The zero-order valence-electron chi connectivity index (χ0n) is 12.1. The first-order valence-corrected chi connectivity index (χ1v) is 7.97. The van der Waals surface area contributed by atoms with Crippen LogP contribution in [0, 0.1) is 0 Å². The highest BCUT2D eigenvalue weighted by Crippen LogP contribution is 2.28. The van der Waals surface area contributed by atoms with Gasteiger partial charge in [-0.3, -0.25) is 9.59 Å². The van der Waals surface area contributed by atoms with E-state index in [9.17, 15) is 9.59 Å². The number of amides is 1. The minimum atomic E-state index is -0.896. The number of thioether (sulfide) groups is 1. The number of carboxylic acid groups (broad SMARTS) is 1. The number of hydrogen-bond donors (Lipinski definition) is 1. The maximum Gasteiger partial charge on any atom is 0.305 e. The van der Waals surface area contributed by atoms with E-state index in [-0.39, 0.29) is 24.5 Å². The van der Waals surface area contributed by atoms with E-state index in [0.29, 0.717) is 18.5 Å². The third-order valence-corrected chi connectivity index (χ3v) is 4.51. The monoisotopic (exact) mass is 309 g/mol. The van der Waals surface area contributed by atoms with Crippen molar-refractivity contribution in [1.82, 2.24) is 4.90 Å². The van der Waals surface area contributed by atoms with E-state index in [4.69, 9.17) is 9.84 Å². The smallest absolute Gasteiger partial charge is 0.305 e. The van der Waals surface area contributed by atoms with Crippen LogP contribution < -0.4 is 0 Å². The van der Waals surface area contributed by atoms with Gasteiger partial charge in [-0.2, -0.15) is 0 Å². The Morgan fingerprint density at radius 3 is 2.76 bits per heavy atom. The number of likely N-dealkylation sites (tertiary alicyclic amines) is 1. The van der Waals surface area contributed by atoms with Crippen LogP contribution in [-0.4, -0.2) is 53.9 Å². The summed E-state index contributed by atoms with van der Waals surface area (Å²) < 4.78 is 5.30. The van der Waals surface area contributed by atoms with Gasteiger partial charge in [-0.25, -0.2) is 0 Å². The molecule has 1 aliphatic heterocycles. The van der Waals surface area contributed by atoms with Crippen LogP contribution in [0.15, 0.2) is 29.2 Å². The molecule has 2 rings (SSSR count). The van der Waals surface area contributed by atoms with Crippen LogP contribution in [0.25, 0.3) is 0 Å². The number of rotatable bonds is 5. The van der Waals surface area contributed by atoms with Gasteiger partial charge in [-0.05, 0) is 24.8 Å². The highest BCUT2D eigenvalue weighted by Gasteiger charge is 2.37. The predicted octanol–water partition coefficient (Wildman–Crippen LogP) is 2.11. The van der Waals surface area contributed by atoms with Crippen LogP contribution in [0.3, 0.4) is 0 Å². The number of carbonyl (C=O) groups excluding carboxylic acids is 1. The quantitative estimate of drug-likeness (QED) is 0.844. The SMILES string of the molecule is COC1CC(CC(=O)O)N(C(=O)c2ccccc2SC)C1. The zero-order chi connectivity index (χ0) is 15.4. The number of hydrogen-bond acceptors (Lipinski definition) is 4. The van der Waals surface area contributed by atoms with Crippen LogP contribution in [0.2, 0.25) is 0 Å². The van der Waals surface area contributed by atoms with Gasteiger partial charge in [0.05, 0.1) is 18.1 Å². The number of nitrogens with zero attached hydrogens (tertiary/aromatic N) is 1. The molecule has 0 radical (unpaired) electrons. The molecule has 1 aromatic rings. The summed E-state index contributed by atoms with van der Waals surface area (Å²) in [6, 6.07) is 7.08. The van der Waals surface area contributed by atoms with E-state index in [1.807, 2.05) is 24.5 Å². The van der Waals surface area contributed by atoms with Crippen molar-refractivity contribution in [3.63, 3.8) is 0 Å². The minimum Gasteiger partial charge on any atom is -0.481 e. The van der Waals surface area contributed by atoms with Gasteiger partial charge in [-0.1, -0.05) is 12.1 Å². The third kappa shape index (κ3) is 3.57. The van der Waals surface area contributed by atoms with Crippen molar-refractivity contribution in [2.45, 2.75) is 29.9 Å². The Morgan fingerprint density at radius 1 is 1.43 bits per heavy atom. The Hall–Kier alpha value is -1.53. The van der Waals surface area contributed by atoms with Crippen molar-refractivity contribution in [2.24, 2.45) is 0 Å². The first-order chi connectivity index (χ1) is 10.1. The summed E-state index contributed by atoms with van der Waals surface area (Å²) in [7, 11) is 1.59. The molecule has 0 saturated carbocycles. The van der Waals surface area contributed by atoms with Crippen molar-refractivity contribution < 1.29 is 19.4 Å². The number of ether oxygens (including phenoxy) is 1. The molecule has 1 aliphatic rings. The topological polar surface area (TPSA) is 66.8 Å². The molecule has 0 spiro atoms. The number of aliphatic carboxylic acids is 1. The van der Waals surface area contributed by atoms with Crippen molar-refractivity contribution >= 4 is 23.6 Å². The van der Waals surface area contributed by atoms with E-state index in [1.54, 1.807) is 18.1 Å². The van der Waals surface area contributed by atoms with Gasteiger partial charge >= 0.3 is 5.97 Å². The summed E-state index contributed by atoms with van der Waals surface area (Å²) in [4.78, 5) is 26.3. The van der Waals surface area contributed by atoms with Gasteiger partial charge in [0.1, 0.15) is 0 Å². The van der Waals surface area contributed by atoms with Gasteiger partial charge in [0.2, 0.25) is 0 Å². The maximum absolute atomic E-state index is 12.7. The number of carbonyl (C=O) groups is 2. The fourth-order valence-corrected chi connectivity index (χ4v) is 3.25. The average Bonchev–Trinajstić information content (AvgIpc) is 2.88. The lowest BCUT2D eigenvalue weighted by atomic mass is 10.1. The Labute approximate surface area is 128 Å². The molecule has 2 unspecified atom stereocenters. The van der Waals surface area contributed by atoms with Crippen LogP contribution in [0.4, 0.5) is 0 Å². The highest BCUT2D eigenvalue weighted by molar-refractivity contribution is 7.98. The largest absolute Gasteiger partial charge is 0.481 e. The molecule has 1 aromatic carbocycles. The Balaban J connectivity index is 2.24. The van der Waals surface area contributed by atoms with Crippen molar-refractivity contribution in [3.05, 3.63) is 29.8 Å². The highest BCUT2D eigenvalue weighted by atomic mass is 32.2. The molecule has 1 heterocycles. The molecule has 0 bridgehead atoms. The second-order valence-corrected chi connectivity index (χ2v) is 5.85. The van der Waals surface area contributed by atoms with Crippen LogP contribution in [0.5, 0.6) is 0 Å². The normalized spacial score (nSPS) is 21.5. The Morgan fingerprint density at radius 2 is 2.14 bits per heavy atom. The van der Waals surface area contributed by atoms with Crippen LogP contribution >= 0.6 is 11.8 Å². The summed E-state index contributed by atoms with van der Waals surface area (Å²) in [5, 5.41) is 9.02. The standard InChI is InChI=1S/C15H19NO4S/c1-20-11-7-10(8-14(17)18)16(9-11)15(19)12-5-3-4-6-13(12)21-2/h3-6,10-11H,7-9H2,1-2H3,(H,17,18). The predicted molar refractivity (Wildman–Crippen MR) is 80.7 cm³/mol. The summed E-state index contributed by atoms with van der Waals surface area (Å²) >= 11 is 1.51. The number of benzene rings is 1. The third-order valence-electron chi connectivity index (χ3n) is 3.72. The zero-order valence-corrected chi connectivity index (χ0v) is 12.9. The Bertz CT molecular complexity index is 534. The molecule has 1 amide bonds. The molecule has 6 heteroatoms. The van der Waals surface area contributed by atoms with E-state index >= 15 is 0 Å². The molecule has 1 saturated heterocycles. The first kappa shape index (κ1) is 15.9. The molecule has 0 aromatic heterocycles. The summed E-state index contributed by atoms with van der Waals surface area (Å²) in [5.74, 6) is -1.02. The van der Waals surface area contributed by atoms with Crippen molar-refractivity contribution in [1.29, 1.82) is 0 Å². The fourth-order valence-electron chi connectivity index (χ4n) is 2.66. The van der Waals surface area contributed by atoms with Gasteiger partial charge in [0.15, 0.2) is 0 Å². The molecule has 5 nitrogen and oxygen atoms in total. The molecule has 114 valence electrons. The molecule has 2 atom stereocenters. The molecular weight excluding hydrogens is 290 g/mol. The average molecular weight is 309 g/mol. The second-order valence-electron chi connectivity index (χ2n) is 5.00. The molecule has 1 N–H and O–H groups in total. The second kappa shape index (κ2) is 6.95. The van der Waals surface area contributed by atoms with Crippen molar-refractivity contribution in [3.8, 4) is 0 Å². The van der Waals surface area contributed by atoms with Crippen LogP contribution in [0.1, 0.15) is 23.2 Å². The van der Waals surface area contributed by atoms with Crippen LogP contribution in [-0.2, 0) is 9.53 Å². The lowest BCUT2D eigenvalue weighted by molar-refractivity contribution is -0.137. The molecule has 1 fully saturated rings.